The smallest absolute Gasteiger partial charge is 0.319 e. The van der Waals surface area contributed by atoms with Crippen molar-refractivity contribution in [1.82, 2.24) is 10.3 Å². The van der Waals surface area contributed by atoms with Gasteiger partial charge in [0.2, 0.25) is 5.56 Å². The summed E-state index contributed by atoms with van der Waals surface area (Å²) >= 11 is 0. The van der Waals surface area contributed by atoms with Gasteiger partial charge in [-0.2, -0.15) is 0 Å². The standard InChI is InChI=1S/C17H13F2N3O2/c18-12-4-1-10(2-5-12)9-20-17(24)21-13-7-11-3-6-15(23)22-16(11)14(19)8-13/h1-8H,9H2,(H,22,23)(H2,20,21,24). The molecular formula is C17H13F2N3O2. The number of H-pyrrole nitrogens is 1. The van der Waals surface area contributed by atoms with Crippen LogP contribution in [0, 0.1) is 11.6 Å². The number of rotatable bonds is 3. The highest BCUT2D eigenvalue weighted by Crippen LogP contribution is 2.20. The van der Waals surface area contributed by atoms with E-state index < -0.39 is 17.4 Å². The lowest BCUT2D eigenvalue weighted by Gasteiger charge is -2.09. The molecule has 2 amide bonds. The van der Waals surface area contributed by atoms with E-state index in [0.29, 0.717) is 5.39 Å². The number of halogens is 2. The maximum Gasteiger partial charge on any atom is 0.319 e. The lowest BCUT2D eigenvalue weighted by molar-refractivity contribution is 0.251. The molecule has 0 fully saturated rings. The van der Waals surface area contributed by atoms with Crippen molar-refractivity contribution < 1.29 is 13.6 Å². The van der Waals surface area contributed by atoms with Crippen LogP contribution in [0.5, 0.6) is 0 Å². The van der Waals surface area contributed by atoms with Gasteiger partial charge in [-0.05, 0) is 35.9 Å². The molecule has 1 heterocycles. The summed E-state index contributed by atoms with van der Waals surface area (Å²) in [5.74, 6) is -0.994. The molecule has 0 aliphatic rings. The normalized spacial score (nSPS) is 10.6. The van der Waals surface area contributed by atoms with E-state index in [1.807, 2.05) is 0 Å². The van der Waals surface area contributed by atoms with Gasteiger partial charge in [0.05, 0.1) is 5.52 Å². The summed E-state index contributed by atoms with van der Waals surface area (Å²) in [6.45, 7) is 0.204. The number of pyridine rings is 1. The van der Waals surface area contributed by atoms with E-state index in [1.165, 1.54) is 24.3 Å². The van der Waals surface area contributed by atoms with Crippen LogP contribution in [0.25, 0.3) is 10.9 Å². The summed E-state index contributed by atoms with van der Waals surface area (Å²) in [7, 11) is 0. The average Bonchev–Trinajstić information content (AvgIpc) is 2.55. The first-order valence-corrected chi connectivity index (χ1v) is 7.13. The Kier molecular flexibility index (Phi) is 4.24. The number of hydrogen-bond acceptors (Lipinski definition) is 2. The summed E-state index contributed by atoms with van der Waals surface area (Å²) in [6.07, 6.45) is 0. The number of hydrogen-bond donors (Lipinski definition) is 3. The predicted molar refractivity (Wildman–Crippen MR) is 86.8 cm³/mol. The molecule has 0 aliphatic heterocycles. The number of benzene rings is 2. The minimum absolute atomic E-state index is 0.0831. The number of aromatic nitrogens is 1. The molecule has 7 heteroatoms. The van der Waals surface area contributed by atoms with Crippen LogP contribution in [0.3, 0.4) is 0 Å². The number of amides is 2. The molecule has 0 radical (unpaired) electrons. The van der Waals surface area contributed by atoms with Crippen molar-refractivity contribution in [3.63, 3.8) is 0 Å². The van der Waals surface area contributed by atoms with Crippen LogP contribution >= 0.6 is 0 Å². The fraction of sp³-hybridized carbons (Fsp3) is 0.0588. The van der Waals surface area contributed by atoms with Crippen molar-refractivity contribution >= 4 is 22.6 Å². The van der Waals surface area contributed by atoms with Gasteiger partial charge >= 0.3 is 6.03 Å². The molecule has 0 bridgehead atoms. The Bertz CT molecular complexity index is 952. The molecule has 1 aromatic heterocycles. The Morgan fingerprint density at radius 1 is 1.04 bits per heavy atom. The second-order valence-corrected chi connectivity index (χ2v) is 5.18. The van der Waals surface area contributed by atoms with Crippen LogP contribution in [0.1, 0.15) is 5.56 Å². The molecule has 3 aromatic rings. The van der Waals surface area contributed by atoms with Crippen molar-refractivity contribution in [3.05, 3.63) is 76.1 Å². The Morgan fingerprint density at radius 2 is 1.79 bits per heavy atom. The zero-order chi connectivity index (χ0) is 17.1. The molecule has 24 heavy (non-hydrogen) atoms. The van der Waals surface area contributed by atoms with E-state index in [4.69, 9.17) is 0 Å². The Morgan fingerprint density at radius 3 is 2.54 bits per heavy atom. The molecule has 3 N–H and O–H groups in total. The summed E-state index contributed by atoms with van der Waals surface area (Å²) in [4.78, 5) is 25.5. The lowest BCUT2D eigenvalue weighted by Crippen LogP contribution is -2.28. The fourth-order valence-electron chi connectivity index (χ4n) is 2.25. The van der Waals surface area contributed by atoms with Gasteiger partial charge < -0.3 is 15.6 Å². The first-order chi connectivity index (χ1) is 11.5. The molecule has 0 aliphatic carbocycles. The minimum Gasteiger partial charge on any atom is -0.334 e. The summed E-state index contributed by atoms with van der Waals surface area (Å²) < 4.78 is 26.8. The van der Waals surface area contributed by atoms with Gasteiger partial charge in [0, 0.05) is 23.7 Å². The highest BCUT2D eigenvalue weighted by molar-refractivity contribution is 5.92. The van der Waals surface area contributed by atoms with Crippen LogP contribution in [0.4, 0.5) is 19.3 Å². The molecule has 0 saturated carbocycles. The zero-order valence-electron chi connectivity index (χ0n) is 12.4. The SMILES string of the molecule is O=C(NCc1ccc(F)cc1)Nc1cc(F)c2[nH]c(=O)ccc2c1. The monoisotopic (exact) mass is 329 g/mol. The molecule has 122 valence electrons. The van der Waals surface area contributed by atoms with E-state index in [-0.39, 0.29) is 23.6 Å². The minimum atomic E-state index is -0.640. The number of urea groups is 1. The number of carbonyl (C=O) groups is 1. The lowest BCUT2D eigenvalue weighted by atomic mass is 10.2. The van der Waals surface area contributed by atoms with Crippen LogP contribution in [-0.4, -0.2) is 11.0 Å². The van der Waals surface area contributed by atoms with Gasteiger partial charge in [-0.3, -0.25) is 4.79 Å². The molecule has 0 atom stereocenters. The van der Waals surface area contributed by atoms with Gasteiger partial charge in [0.25, 0.3) is 0 Å². The number of anilines is 1. The number of fused-ring (bicyclic) bond motifs is 1. The molecule has 0 spiro atoms. The maximum absolute atomic E-state index is 14.0. The molecule has 5 nitrogen and oxygen atoms in total. The third kappa shape index (κ3) is 3.57. The first kappa shape index (κ1) is 15.7. The fourth-order valence-corrected chi connectivity index (χ4v) is 2.25. The van der Waals surface area contributed by atoms with Crippen molar-refractivity contribution in [2.45, 2.75) is 6.54 Å². The van der Waals surface area contributed by atoms with Crippen LogP contribution in [-0.2, 0) is 6.54 Å². The second kappa shape index (κ2) is 6.49. The molecule has 0 saturated heterocycles. The van der Waals surface area contributed by atoms with Gasteiger partial charge in [0.1, 0.15) is 11.6 Å². The third-order valence-corrected chi connectivity index (χ3v) is 3.41. The Labute approximate surface area is 135 Å². The van der Waals surface area contributed by atoms with Crippen molar-refractivity contribution in [2.24, 2.45) is 0 Å². The van der Waals surface area contributed by atoms with Crippen LogP contribution in [0.15, 0.2) is 53.3 Å². The molecule has 3 rings (SSSR count). The molecular weight excluding hydrogens is 316 g/mol. The number of aromatic amines is 1. The Balaban J connectivity index is 1.70. The van der Waals surface area contributed by atoms with Crippen LogP contribution < -0.4 is 16.2 Å². The maximum atomic E-state index is 14.0. The highest BCUT2D eigenvalue weighted by atomic mass is 19.1. The van der Waals surface area contributed by atoms with E-state index in [1.54, 1.807) is 18.2 Å². The van der Waals surface area contributed by atoms with Gasteiger partial charge in [-0.1, -0.05) is 12.1 Å². The predicted octanol–water partition coefficient (Wildman–Crippen LogP) is 3.13. The van der Waals surface area contributed by atoms with Gasteiger partial charge in [-0.25, -0.2) is 13.6 Å². The molecule has 2 aromatic carbocycles. The number of nitrogens with one attached hydrogen (secondary N) is 3. The summed E-state index contributed by atoms with van der Waals surface area (Å²) in [5.41, 5.74) is 0.663. The van der Waals surface area contributed by atoms with E-state index in [0.717, 1.165) is 11.6 Å². The summed E-state index contributed by atoms with van der Waals surface area (Å²) in [5, 5.41) is 5.57. The van der Waals surface area contributed by atoms with Gasteiger partial charge in [0.15, 0.2) is 0 Å². The largest absolute Gasteiger partial charge is 0.334 e. The second-order valence-electron chi connectivity index (χ2n) is 5.18. The van der Waals surface area contributed by atoms with Crippen molar-refractivity contribution in [2.75, 3.05) is 5.32 Å². The number of carbonyl (C=O) groups excluding carboxylic acids is 1. The highest BCUT2D eigenvalue weighted by Gasteiger charge is 2.07. The topological polar surface area (TPSA) is 74.0 Å². The summed E-state index contributed by atoms with van der Waals surface area (Å²) in [6, 6.07) is 10.6. The van der Waals surface area contributed by atoms with E-state index in [9.17, 15) is 18.4 Å². The van der Waals surface area contributed by atoms with Gasteiger partial charge in [-0.15, -0.1) is 0 Å². The van der Waals surface area contributed by atoms with E-state index in [2.05, 4.69) is 15.6 Å². The van der Waals surface area contributed by atoms with Crippen LogP contribution in [0.2, 0.25) is 0 Å². The quantitative estimate of drug-likeness (QED) is 0.691. The first-order valence-electron chi connectivity index (χ1n) is 7.13. The van der Waals surface area contributed by atoms with Crippen molar-refractivity contribution in [3.8, 4) is 0 Å². The Hall–Kier alpha value is -3.22. The van der Waals surface area contributed by atoms with E-state index >= 15 is 0 Å². The molecule has 0 unspecified atom stereocenters. The third-order valence-electron chi connectivity index (χ3n) is 3.41. The zero-order valence-corrected chi connectivity index (χ0v) is 12.4. The van der Waals surface area contributed by atoms with Crippen molar-refractivity contribution in [1.29, 1.82) is 0 Å². The average molecular weight is 329 g/mol.